The fourth-order valence-electron chi connectivity index (χ4n) is 2.03. The number of carbonyl (C=O) groups excluding carboxylic acids is 1. The maximum atomic E-state index is 11.9. The first kappa shape index (κ1) is 18.4. The van der Waals surface area contributed by atoms with E-state index in [0.717, 1.165) is 6.07 Å². The van der Waals surface area contributed by atoms with E-state index >= 15 is 0 Å². The summed E-state index contributed by atoms with van der Waals surface area (Å²) < 4.78 is 0. The molecule has 1 unspecified atom stereocenters. The van der Waals surface area contributed by atoms with Gasteiger partial charge in [0.1, 0.15) is 11.7 Å². The largest absolute Gasteiger partial charge is 0.480 e. The van der Waals surface area contributed by atoms with Crippen LogP contribution < -0.4 is 10.6 Å². The maximum Gasteiger partial charge on any atom is 0.326 e. The molecule has 3 N–H and O–H groups in total. The molecule has 0 saturated carbocycles. The number of rotatable bonds is 8. The van der Waals surface area contributed by atoms with Crippen molar-refractivity contribution in [2.45, 2.75) is 45.7 Å². The van der Waals surface area contributed by atoms with E-state index in [1.54, 1.807) is 13.8 Å². The van der Waals surface area contributed by atoms with E-state index < -0.39 is 22.8 Å². The van der Waals surface area contributed by atoms with Gasteiger partial charge in [0.15, 0.2) is 0 Å². The van der Waals surface area contributed by atoms with Gasteiger partial charge < -0.3 is 15.7 Å². The van der Waals surface area contributed by atoms with Crippen molar-refractivity contribution in [2.24, 2.45) is 0 Å². The summed E-state index contributed by atoms with van der Waals surface area (Å²) in [7, 11) is 0. The monoisotopic (exact) mass is 323 g/mol. The predicted octanol–water partition coefficient (Wildman–Crippen LogP) is 2.40. The van der Waals surface area contributed by atoms with Gasteiger partial charge in [-0.05, 0) is 32.4 Å². The summed E-state index contributed by atoms with van der Waals surface area (Å²) in [5.74, 6) is -1.50. The Labute approximate surface area is 134 Å². The van der Waals surface area contributed by atoms with Gasteiger partial charge in [0, 0.05) is 17.7 Å². The Morgan fingerprint density at radius 1 is 1.35 bits per heavy atom. The lowest BCUT2D eigenvalue weighted by atomic mass is 10.1. The SMILES string of the molecule is CCCC(Nc1ccc(C(=O)NC(C)C)cc1[N+](=O)[O-])C(=O)O. The summed E-state index contributed by atoms with van der Waals surface area (Å²) in [6.07, 6.45) is 0.953. The molecule has 0 radical (unpaired) electrons. The highest BCUT2D eigenvalue weighted by molar-refractivity contribution is 5.96. The molecular formula is C15H21N3O5. The third-order valence-corrected chi connectivity index (χ3v) is 3.08. The quantitative estimate of drug-likeness (QED) is 0.499. The van der Waals surface area contributed by atoms with Crippen LogP contribution in [0.4, 0.5) is 11.4 Å². The first-order valence-electron chi connectivity index (χ1n) is 7.34. The van der Waals surface area contributed by atoms with Crippen LogP contribution in [-0.4, -0.2) is 34.0 Å². The Hall–Kier alpha value is -2.64. The number of nitrogens with one attached hydrogen (secondary N) is 2. The second kappa shape index (κ2) is 8.11. The molecule has 0 aromatic heterocycles. The highest BCUT2D eigenvalue weighted by atomic mass is 16.6. The van der Waals surface area contributed by atoms with Crippen molar-refractivity contribution >= 4 is 23.3 Å². The molecule has 8 nitrogen and oxygen atoms in total. The second-order valence-corrected chi connectivity index (χ2v) is 5.44. The van der Waals surface area contributed by atoms with Crippen LogP contribution in [0, 0.1) is 10.1 Å². The zero-order chi connectivity index (χ0) is 17.6. The summed E-state index contributed by atoms with van der Waals surface area (Å²) in [4.78, 5) is 33.7. The number of hydrogen-bond acceptors (Lipinski definition) is 5. The number of carboxylic acid groups (broad SMARTS) is 1. The average Bonchev–Trinajstić information content (AvgIpc) is 2.45. The minimum Gasteiger partial charge on any atom is -0.480 e. The van der Waals surface area contributed by atoms with Gasteiger partial charge in [0.25, 0.3) is 11.6 Å². The van der Waals surface area contributed by atoms with Gasteiger partial charge in [-0.25, -0.2) is 4.79 Å². The highest BCUT2D eigenvalue weighted by Crippen LogP contribution is 2.27. The summed E-state index contributed by atoms with van der Waals surface area (Å²) >= 11 is 0. The summed E-state index contributed by atoms with van der Waals surface area (Å²) in [5, 5.41) is 25.7. The van der Waals surface area contributed by atoms with Gasteiger partial charge in [-0.2, -0.15) is 0 Å². The van der Waals surface area contributed by atoms with Gasteiger partial charge in [0.2, 0.25) is 0 Å². The van der Waals surface area contributed by atoms with Gasteiger partial charge in [-0.1, -0.05) is 13.3 Å². The van der Waals surface area contributed by atoms with E-state index in [2.05, 4.69) is 10.6 Å². The molecule has 1 aromatic rings. The van der Waals surface area contributed by atoms with Crippen molar-refractivity contribution in [3.05, 3.63) is 33.9 Å². The first-order chi connectivity index (χ1) is 10.8. The van der Waals surface area contributed by atoms with E-state index in [1.807, 2.05) is 6.92 Å². The van der Waals surface area contributed by atoms with Crippen molar-refractivity contribution < 1.29 is 19.6 Å². The highest BCUT2D eigenvalue weighted by Gasteiger charge is 2.23. The minimum atomic E-state index is -1.08. The summed E-state index contributed by atoms with van der Waals surface area (Å²) in [6.45, 7) is 5.39. The Kier molecular flexibility index (Phi) is 6.49. The number of nitrogens with zero attached hydrogens (tertiary/aromatic N) is 1. The molecule has 1 aromatic carbocycles. The Morgan fingerprint density at radius 3 is 2.48 bits per heavy atom. The molecular weight excluding hydrogens is 302 g/mol. The molecule has 0 fully saturated rings. The number of benzene rings is 1. The fraction of sp³-hybridized carbons (Fsp3) is 0.467. The van der Waals surface area contributed by atoms with Crippen LogP contribution in [0.1, 0.15) is 44.0 Å². The van der Waals surface area contributed by atoms with Gasteiger partial charge in [-0.3, -0.25) is 14.9 Å². The second-order valence-electron chi connectivity index (χ2n) is 5.44. The lowest BCUT2D eigenvalue weighted by Crippen LogP contribution is -2.31. The van der Waals surface area contributed by atoms with E-state index in [-0.39, 0.29) is 23.0 Å². The molecule has 0 aliphatic rings. The van der Waals surface area contributed by atoms with Crippen molar-refractivity contribution in [2.75, 3.05) is 5.32 Å². The number of carboxylic acids is 1. The van der Waals surface area contributed by atoms with E-state index in [0.29, 0.717) is 12.8 Å². The van der Waals surface area contributed by atoms with Crippen LogP contribution in [0.25, 0.3) is 0 Å². The van der Waals surface area contributed by atoms with Crippen LogP contribution in [-0.2, 0) is 4.79 Å². The van der Waals surface area contributed by atoms with Gasteiger partial charge >= 0.3 is 5.97 Å². The molecule has 1 amide bonds. The standard InChI is InChI=1S/C15H21N3O5/c1-4-5-12(15(20)21)17-11-7-6-10(8-13(11)18(22)23)14(19)16-9(2)3/h6-9,12,17H,4-5H2,1-3H3,(H,16,19)(H,20,21). The summed E-state index contributed by atoms with van der Waals surface area (Å²) in [6, 6.07) is 2.91. The van der Waals surface area contributed by atoms with E-state index in [9.17, 15) is 19.7 Å². The molecule has 0 spiro atoms. The minimum absolute atomic E-state index is 0.0805. The Bertz CT molecular complexity index is 601. The number of nitro benzene ring substituents is 1. The van der Waals surface area contributed by atoms with Crippen LogP contribution in [0.15, 0.2) is 18.2 Å². The third-order valence-electron chi connectivity index (χ3n) is 3.08. The lowest BCUT2D eigenvalue weighted by molar-refractivity contribution is -0.384. The predicted molar refractivity (Wildman–Crippen MR) is 85.7 cm³/mol. The number of carbonyl (C=O) groups is 2. The number of amides is 1. The van der Waals surface area contributed by atoms with Crippen LogP contribution in [0.5, 0.6) is 0 Å². The first-order valence-corrected chi connectivity index (χ1v) is 7.34. The van der Waals surface area contributed by atoms with E-state index in [4.69, 9.17) is 5.11 Å². The zero-order valence-corrected chi connectivity index (χ0v) is 13.3. The molecule has 1 atom stereocenters. The van der Waals surface area contributed by atoms with Crippen molar-refractivity contribution in [3.8, 4) is 0 Å². The number of hydrogen-bond donors (Lipinski definition) is 3. The van der Waals surface area contributed by atoms with Crippen LogP contribution in [0.3, 0.4) is 0 Å². The van der Waals surface area contributed by atoms with Crippen LogP contribution >= 0.6 is 0 Å². The average molecular weight is 323 g/mol. The van der Waals surface area contributed by atoms with Crippen LogP contribution in [0.2, 0.25) is 0 Å². The smallest absolute Gasteiger partial charge is 0.326 e. The molecule has 0 aliphatic heterocycles. The summed E-state index contributed by atoms with van der Waals surface area (Å²) in [5.41, 5.74) is -0.0981. The molecule has 1 rings (SSSR count). The molecule has 23 heavy (non-hydrogen) atoms. The Balaban J connectivity index is 3.11. The van der Waals surface area contributed by atoms with Gasteiger partial charge in [-0.15, -0.1) is 0 Å². The topological polar surface area (TPSA) is 122 Å². The molecule has 0 aliphatic carbocycles. The zero-order valence-electron chi connectivity index (χ0n) is 13.3. The molecule has 8 heteroatoms. The van der Waals surface area contributed by atoms with E-state index in [1.165, 1.54) is 12.1 Å². The van der Waals surface area contributed by atoms with Crippen molar-refractivity contribution in [3.63, 3.8) is 0 Å². The normalized spacial score (nSPS) is 11.8. The molecule has 0 bridgehead atoms. The maximum absolute atomic E-state index is 11.9. The fourth-order valence-corrected chi connectivity index (χ4v) is 2.03. The molecule has 0 heterocycles. The lowest BCUT2D eigenvalue weighted by Gasteiger charge is -2.15. The van der Waals surface area contributed by atoms with Gasteiger partial charge in [0.05, 0.1) is 4.92 Å². The molecule has 0 saturated heterocycles. The Morgan fingerprint density at radius 2 is 2.00 bits per heavy atom. The number of aliphatic carboxylic acids is 1. The number of anilines is 1. The van der Waals surface area contributed by atoms with Crippen molar-refractivity contribution in [1.82, 2.24) is 5.32 Å². The number of nitro groups is 1. The third kappa shape index (κ3) is 5.24. The van der Waals surface area contributed by atoms with Crippen molar-refractivity contribution in [1.29, 1.82) is 0 Å². The molecule has 126 valence electrons.